The number of rotatable bonds is 4. The SMILES string of the molecule is CC1CCCCC1n1c2c(c3ccc(C4(C)C=CC5C6C=CC=CC6N(c6ccc(C7=CC=CCC7)cc6)C5C4)cc31)C=CCC2. The predicted molar refractivity (Wildman–Crippen MR) is 195 cm³/mol. The number of anilines is 1. The zero-order chi connectivity index (χ0) is 30.8. The van der Waals surface area contributed by atoms with Crippen LogP contribution in [0.5, 0.6) is 0 Å². The van der Waals surface area contributed by atoms with Gasteiger partial charge in [0.1, 0.15) is 0 Å². The molecule has 0 N–H and O–H groups in total. The van der Waals surface area contributed by atoms with Crippen molar-refractivity contribution < 1.29 is 0 Å². The summed E-state index contributed by atoms with van der Waals surface area (Å²) in [5, 5.41) is 1.46. The Morgan fingerprint density at radius 1 is 0.804 bits per heavy atom. The van der Waals surface area contributed by atoms with Gasteiger partial charge >= 0.3 is 0 Å². The van der Waals surface area contributed by atoms with Crippen molar-refractivity contribution in [1.82, 2.24) is 4.57 Å². The Hall–Kier alpha value is -3.78. The van der Waals surface area contributed by atoms with Gasteiger partial charge in [-0.1, -0.05) is 118 Å². The van der Waals surface area contributed by atoms with E-state index in [1.54, 1.807) is 5.69 Å². The van der Waals surface area contributed by atoms with Gasteiger partial charge in [0.2, 0.25) is 0 Å². The van der Waals surface area contributed by atoms with Crippen molar-refractivity contribution in [2.75, 3.05) is 4.90 Å². The van der Waals surface area contributed by atoms with Crippen LogP contribution in [-0.2, 0) is 11.8 Å². The molecule has 1 saturated carbocycles. The smallest absolute Gasteiger partial charge is 0.0548 e. The second kappa shape index (κ2) is 11.2. The van der Waals surface area contributed by atoms with Crippen LogP contribution in [0.3, 0.4) is 0 Å². The van der Waals surface area contributed by atoms with Crippen LogP contribution in [0.4, 0.5) is 5.69 Å². The highest BCUT2D eigenvalue weighted by molar-refractivity contribution is 5.92. The van der Waals surface area contributed by atoms with Crippen molar-refractivity contribution in [2.24, 2.45) is 17.8 Å². The van der Waals surface area contributed by atoms with Crippen LogP contribution in [0.15, 0.2) is 103 Å². The molecule has 0 bridgehead atoms. The first-order valence-corrected chi connectivity index (χ1v) is 18.2. The van der Waals surface area contributed by atoms with Gasteiger partial charge in [-0.3, -0.25) is 0 Å². The third-order valence-electron chi connectivity index (χ3n) is 12.6. The Morgan fingerprint density at radius 2 is 1.65 bits per heavy atom. The molecule has 1 saturated heterocycles. The molecule has 0 radical (unpaired) electrons. The molecule has 46 heavy (non-hydrogen) atoms. The minimum atomic E-state index is -0.0165. The number of nitrogens with zero attached hydrogens (tertiary/aromatic N) is 2. The fraction of sp³-hybridized carbons (Fsp3) is 0.409. The molecule has 7 atom stereocenters. The fourth-order valence-corrected chi connectivity index (χ4v) is 10.2. The topological polar surface area (TPSA) is 8.17 Å². The van der Waals surface area contributed by atoms with Crippen molar-refractivity contribution in [3.05, 3.63) is 126 Å². The number of fused-ring (bicyclic) bond motifs is 6. The zero-order valence-corrected chi connectivity index (χ0v) is 27.6. The fourth-order valence-electron chi connectivity index (χ4n) is 10.2. The van der Waals surface area contributed by atoms with Gasteiger partial charge in [0, 0.05) is 57.2 Å². The van der Waals surface area contributed by atoms with Crippen LogP contribution in [0.1, 0.15) is 93.6 Å². The first-order chi connectivity index (χ1) is 22.6. The van der Waals surface area contributed by atoms with Crippen LogP contribution < -0.4 is 4.90 Å². The van der Waals surface area contributed by atoms with E-state index in [0.29, 0.717) is 30.0 Å². The highest BCUT2D eigenvalue weighted by atomic mass is 15.2. The first-order valence-electron chi connectivity index (χ1n) is 18.2. The number of hydrogen-bond acceptors (Lipinski definition) is 1. The predicted octanol–water partition coefficient (Wildman–Crippen LogP) is 10.9. The normalized spacial score (nSPS) is 32.8. The quantitative estimate of drug-likeness (QED) is 0.269. The number of hydrogen-bond donors (Lipinski definition) is 0. The molecule has 234 valence electrons. The lowest BCUT2D eigenvalue weighted by molar-refractivity contribution is 0.258. The summed E-state index contributed by atoms with van der Waals surface area (Å²) in [5.41, 5.74) is 10.2. The Kier molecular flexibility index (Phi) is 6.91. The van der Waals surface area contributed by atoms with Crippen LogP contribution in [0.25, 0.3) is 22.6 Å². The number of allylic oxidation sites excluding steroid dienone is 8. The summed E-state index contributed by atoms with van der Waals surface area (Å²) in [4.78, 5) is 2.78. The van der Waals surface area contributed by atoms with E-state index in [-0.39, 0.29) is 5.41 Å². The Bertz CT molecular complexity index is 1840. The molecule has 2 fully saturated rings. The molecule has 7 unspecified atom stereocenters. The standard InChI is InChI=1S/C44H48N2/c1-30-12-6-9-17-39(30)46-41-19-11-8-15-35(41)37-25-22-33(28-42(37)46)44(2)27-26-38-36-16-7-10-18-40(36)45(43(38)29-44)34-23-20-32(21-24-34)31-13-4-3-5-14-31/h3-4,7-8,10,13,15-16,18,20-28,30,36,38-40,43H,5-6,9,11-12,14,17,19,29H2,1-2H3. The summed E-state index contributed by atoms with van der Waals surface area (Å²) >= 11 is 0. The minimum Gasteiger partial charge on any atom is -0.361 e. The molecule has 2 heteroatoms. The summed E-state index contributed by atoms with van der Waals surface area (Å²) < 4.78 is 2.82. The maximum absolute atomic E-state index is 2.82. The monoisotopic (exact) mass is 604 g/mol. The summed E-state index contributed by atoms with van der Waals surface area (Å²) in [5.74, 6) is 1.79. The lowest BCUT2D eigenvalue weighted by atomic mass is 9.68. The molecular formula is C44H48N2. The highest BCUT2D eigenvalue weighted by Gasteiger charge is 2.50. The van der Waals surface area contributed by atoms with E-state index in [2.05, 4.69) is 133 Å². The van der Waals surface area contributed by atoms with E-state index in [1.165, 1.54) is 71.0 Å². The van der Waals surface area contributed by atoms with Crippen LogP contribution in [-0.4, -0.2) is 16.7 Å². The van der Waals surface area contributed by atoms with Crippen molar-refractivity contribution in [1.29, 1.82) is 0 Å². The van der Waals surface area contributed by atoms with E-state index in [9.17, 15) is 0 Å². The average molecular weight is 605 g/mol. The molecular weight excluding hydrogens is 556 g/mol. The maximum atomic E-state index is 2.82. The lowest BCUT2D eigenvalue weighted by Gasteiger charge is -2.41. The van der Waals surface area contributed by atoms with Gasteiger partial charge in [0.15, 0.2) is 0 Å². The molecule has 2 heterocycles. The molecule has 6 aliphatic rings. The van der Waals surface area contributed by atoms with Crippen LogP contribution in [0.2, 0.25) is 0 Å². The number of benzene rings is 2. The summed E-state index contributed by atoms with van der Waals surface area (Å²) in [7, 11) is 0. The largest absolute Gasteiger partial charge is 0.361 e. The maximum Gasteiger partial charge on any atom is 0.0548 e. The van der Waals surface area contributed by atoms with E-state index in [4.69, 9.17) is 0 Å². The molecule has 1 aliphatic heterocycles. The Labute approximate surface area is 275 Å². The van der Waals surface area contributed by atoms with Gasteiger partial charge in [-0.15, -0.1) is 0 Å². The van der Waals surface area contributed by atoms with Gasteiger partial charge in [-0.05, 0) is 85.8 Å². The molecule has 2 aromatic carbocycles. The zero-order valence-electron chi connectivity index (χ0n) is 27.6. The third-order valence-corrected chi connectivity index (χ3v) is 12.6. The summed E-state index contributed by atoms with van der Waals surface area (Å²) in [6.45, 7) is 5.01. The summed E-state index contributed by atoms with van der Waals surface area (Å²) in [6.07, 6.45) is 37.4. The third kappa shape index (κ3) is 4.50. The van der Waals surface area contributed by atoms with Crippen LogP contribution in [0, 0.1) is 17.8 Å². The van der Waals surface area contributed by atoms with Crippen molar-refractivity contribution >= 4 is 28.2 Å². The molecule has 0 spiro atoms. The molecule has 0 amide bonds. The van der Waals surface area contributed by atoms with Gasteiger partial charge in [0.25, 0.3) is 0 Å². The van der Waals surface area contributed by atoms with Crippen LogP contribution >= 0.6 is 0 Å². The summed E-state index contributed by atoms with van der Waals surface area (Å²) in [6, 6.07) is 18.6. The van der Waals surface area contributed by atoms with E-state index >= 15 is 0 Å². The lowest BCUT2D eigenvalue weighted by Crippen LogP contribution is -2.43. The molecule has 1 aromatic heterocycles. The molecule has 5 aliphatic carbocycles. The molecule has 3 aromatic rings. The second-order valence-electron chi connectivity index (χ2n) is 15.3. The van der Waals surface area contributed by atoms with Gasteiger partial charge < -0.3 is 9.47 Å². The van der Waals surface area contributed by atoms with Gasteiger partial charge in [-0.25, -0.2) is 0 Å². The van der Waals surface area contributed by atoms with E-state index in [1.807, 2.05) is 0 Å². The second-order valence-corrected chi connectivity index (χ2v) is 15.3. The molecule has 2 nitrogen and oxygen atoms in total. The van der Waals surface area contributed by atoms with Crippen molar-refractivity contribution in [3.8, 4) is 0 Å². The van der Waals surface area contributed by atoms with E-state index in [0.717, 1.165) is 31.6 Å². The molecule has 9 rings (SSSR count). The van der Waals surface area contributed by atoms with Gasteiger partial charge in [-0.2, -0.15) is 0 Å². The van der Waals surface area contributed by atoms with Crippen molar-refractivity contribution in [2.45, 2.75) is 95.2 Å². The highest BCUT2D eigenvalue weighted by Crippen LogP contribution is 2.51. The van der Waals surface area contributed by atoms with Crippen molar-refractivity contribution in [3.63, 3.8) is 0 Å². The van der Waals surface area contributed by atoms with Gasteiger partial charge in [0.05, 0.1) is 6.04 Å². The minimum absolute atomic E-state index is 0.0165. The first kappa shape index (κ1) is 28.4. The van der Waals surface area contributed by atoms with E-state index < -0.39 is 0 Å². The number of aromatic nitrogens is 1. The average Bonchev–Trinajstić information content (AvgIpc) is 3.61. The Morgan fingerprint density at radius 3 is 2.50 bits per heavy atom. The Balaban J connectivity index is 1.10.